The summed E-state index contributed by atoms with van der Waals surface area (Å²) in [6.45, 7) is 4.10. The van der Waals surface area contributed by atoms with Crippen LogP contribution in [0.2, 0.25) is 0 Å². The van der Waals surface area contributed by atoms with E-state index in [0.29, 0.717) is 24.0 Å². The fourth-order valence-corrected chi connectivity index (χ4v) is 1.94. The lowest BCUT2D eigenvalue weighted by atomic mass is 10.1. The fraction of sp³-hybridized carbons (Fsp3) is 0.769. The van der Waals surface area contributed by atoms with Gasteiger partial charge in [0.15, 0.2) is 5.43 Å². The molecule has 0 saturated heterocycles. The zero-order valence-electron chi connectivity index (χ0n) is 10.2. The summed E-state index contributed by atoms with van der Waals surface area (Å²) in [6, 6.07) is 0. The number of hydrogen-bond donors (Lipinski definition) is 2. The van der Waals surface area contributed by atoms with Crippen LogP contribution in [-0.4, -0.2) is 10.2 Å². The molecule has 0 heterocycles. The van der Waals surface area contributed by atoms with E-state index in [2.05, 4.69) is 0 Å². The minimum atomic E-state index is -0.654. The zero-order chi connectivity index (χ0) is 12.1. The summed E-state index contributed by atoms with van der Waals surface area (Å²) in [4.78, 5) is 11.4. The van der Waals surface area contributed by atoms with Gasteiger partial charge in [-0.25, -0.2) is 0 Å². The van der Waals surface area contributed by atoms with E-state index in [9.17, 15) is 15.0 Å². The smallest absolute Gasteiger partial charge is 0.191 e. The molecule has 3 heteroatoms. The van der Waals surface area contributed by atoms with Gasteiger partial charge < -0.3 is 10.2 Å². The Balaban J connectivity index is 2.48. The number of rotatable bonds is 8. The van der Waals surface area contributed by atoms with Crippen molar-refractivity contribution in [3.63, 3.8) is 0 Å². The van der Waals surface area contributed by atoms with E-state index >= 15 is 0 Å². The normalized spacial score (nSPS) is 15.5. The first-order chi connectivity index (χ1) is 7.63. The van der Waals surface area contributed by atoms with Gasteiger partial charge in [-0.15, -0.1) is 0 Å². The summed E-state index contributed by atoms with van der Waals surface area (Å²) in [7, 11) is 0. The van der Waals surface area contributed by atoms with E-state index in [1.165, 1.54) is 0 Å². The van der Waals surface area contributed by atoms with Gasteiger partial charge in [0.25, 0.3) is 0 Å². The first-order valence-electron chi connectivity index (χ1n) is 6.28. The Hall–Kier alpha value is -0.670. The average molecular weight is 226 g/mol. The summed E-state index contributed by atoms with van der Waals surface area (Å²) >= 11 is 0. The maximum Gasteiger partial charge on any atom is 0.191 e. The first kappa shape index (κ1) is 13.4. The Labute approximate surface area is 96.8 Å². The lowest BCUT2D eigenvalue weighted by Crippen LogP contribution is -1.96. The van der Waals surface area contributed by atoms with Crippen LogP contribution in [-0.2, 0) is 0 Å². The molecule has 92 valence electrons. The number of aliphatic hydroxyl groups excluding tert-OH is 2. The quantitative estimate of drug-likeness (QED) is 0.715. The molecule has 0 aliphatic heterocycles. The van der Waals surface area contributed by atoms with Crippen LogP contribution in [0, 0.1) is 0 Å². The molecule has 0 amide bonds. The number of hydrogen-bond acceptors (Lipinski definition) is 3. The predicted molar refractivity (Wildman–Crippen MR) is 64.1 cm³/mol. The molecule has 0 bridgehead atoms. The van der Waals surface area contributed by atoms with E-state index in [1.54, 1.807) is 0 Å². The molecule has 0 aliphatic rings. The third-order valence-corrected chi connectivity index (χ3v) is 3.05. The maximum absolute atomic E-state index is 11.4. The highest BCUT2D eigenvalue weighted by Crippen LogP contribution is 2.31. The molecule has 2 N–H and O–H groups in total. The van der Waals surface area contributed by atoms with Crippen molar-refractivity contribution in [2.24, 2.45) is 0 Å². The van der Waals surface area contributed by atoms with Crippen molar-refractivity contribution in [1.82, 2.24) is 0 Å². The standard InChI is InChI=1S/C13H22O3/c1-3-5-7-9(14)11-12(13(11)16)10(15)8-6-4-2/h9-10,14-15H,3-8H2,1-2H3. The highest BCUT2D eigenvalue weighted by atomic mass is 16.3. The zero-order valence-corrected chi connectivity index (χ0v) is 10.2. The molecular weight excluding hydrogens is 204 g/mol. The summed E-state index contributed by atoms with van der Waals surface area (Å²) < 4.78 is 0. The minimum Gasteiger partial charge on any atom is -0.388 e. The summed E-state index contributed by atoms with van der Waals surface area (Å²) in [5, 5.41) is 19.5. The van der Waals surface area contributed by atoms with Crippen LogP contribution in [0.15, 0.2) is 4.79 Å². The van der Waals surface area contributed by atoms with Gasteiger partial charge in [-0.3, -0.25) is 4.79 Å². The van der Waals surface area contributed by atoms with Crippen LogP contribution >= 0.6 is 0 Å². The molecule has 1 aromatic carbocycles. The first-order valence-corrected chi connectivity index (χ1v) is 6.28. The SMILES string of the molecule is CCCCC(O)c1c(C(O)CCCC)c1=O. The highest BCUT2D eigenvalue weighted by Gasteiger charge is 2.32. The summed E-state index contributed by atoms with van der Waals surface area (Å²) in [5.74, 6) is 0. The second-order valence-corrected chi connectivity index (χ2v) is 4.47. The average Bonchev–Trinajstić information content (AvgIpc) is 2.94. The van der Waals surface area contributed by atoms with Crippen LogP contribution in [0.25, 0.3) is 0 Å². The lowest BCUT2D eigenvalue weighted by molar-refractivity contribution is 0.151. The van der Waals surface area contributed by atoms with Gasteiger partial charge in [0.05, 0.1) is 12.2 Å². The van der Waals surface area contributed by atoms with E-state index in [1.807, 2.05) is 13.8 Å². The van der Waals surface area contributed by atoms with Crippen LogP contribution in [0.5, 0.6) is 0 Å². The Morgan fingerprint density at radius 1 is 0.938 bits per heavy atom. The molecule has 0 fully saturated rings. The predicted octanol–water partition coefficient (Wildman–Crippen LogP) is 2.37. The monoisotopic (exact) mass is 226 g/mol. The number of unbranched alkanes of at least 4 members (excludes halogenated alkanes) is 2. The Kier molecular flexibility index (Phi) is 5.16. The molecule has 1 rings (SSSR count). The summed E-state index contributed by atoms with van der Waals surface area (Å²) in [5.41, 5.74) is 0.862. The molecule has 3 nitrogen and oxygen atoms in total. The van der Waals surface area contributed by atoms with Crippen molar-refractivity contribution in [2.45, 2.75) is 64.6 Å². The second-order valence-electron chi connectivity index (χ2n) is 4.47. The van der Waals surface area contributed by atoms with Gasteiger partial charge in [0.1, 0.15) is 0 Å². The van der Waals surface area contributed by atoms with E-state index in [0.717, 1.165) is 25.7 Å². The molecule has 0 saturated carbocycles. The van der Waals surface area contributed by atoms with Gasteiger partial charge in [0.2, 0.25) is 0 Å². The van der Waals surface area contributed by atoms with Crippen molar-refractivity contribution < 1.29 is 10.2 Å². The molecular formula is C13H22O3. The Bertz CT molecular complexity index is 294. The fourth-order valence-electron chi connectivity index (χ4n) is 1.94. The van der Waals surface area contributed by atoms with Gasteiger partial charge in [-0.05, 0) is 12.8 Å². The van der Waals surface area contributed by atoms with Crippen LogP contribution in [0.1, 0.15) is 75.7 Å². The molecule has 1 aromatic rings. The third kappa shape index (κ3) is 3.16. The Morgan fingerprint density at radius 3 is 1.62 bits per heavy atom. The molecule has 0 aromatic heterocycles. The van der Waals surface area contributed by atoms with Gasteiger partial charge in [-0.1, -0.05) is 39.5 Å². The molecule has 0 spiro atoms. The Morgan fingerprint density at radius 2 is 1.31 bits per heavy atom. The van der Waals surface area contributed by atoms with Crippen LogP contribution < -0.4 is 5.43 Å². The largest absolute Gasteiger partial charge is 0.388 e. The van der Waals surface area contributed by atoms with E-state index < -0.39 is 12.2 Å². The third-order valence-electron chi connectivity index (χ3n) is 3.05. The minimum absolute atomic E-state index is 0.104. The molecule has 0 radical (unpaired) electrons. The number of aliphatic hydroxyl groups is 2. The van der Waals surface area contributed by atoms with Crippen LogP contribution in [0.4, 0.5) is 0 Å². The van der Waals surface area contributed by atoms with Gasteiger partial charge >= 0.3 is 0 Å². The van der Waals surface area contributed by atoms with Crippen LogP contribution in [0.3, 0.4) is 0 Å². The van der Waals surface area contributed by atoms with E-state index in [4.69, 9.17) is 0 Å². The van der Waals surface area contributed by atoms with Gasteiger partial charge in [0, 0.05) is 11.1 Å². The molecule has 2 unspecified atom stereocenters. The lowest BCUT2D eigenvalue weighted by Gasteiger charge is -2.06. The second kappa shape index (κ2) is 6.16. The maximum atomic E-state index is 11.4. The molecule has 0 aliphatic carbocycles. The van der Waals surface area contributed by atoms with Gasteiger partial charge in [-0.2, -0.15) is 0 Å². The molecule has 16 heavy (non-hydrogen) atoms. The van der Waals surface area contributed by atoms with Crippen molar-refractivity contribution in [1.29, 1.82) is 0 Å². The van der Waals surface area contributed by atoms with Crippen molar-refractivity contribution >= 4 is 0 Å². The van der Waals surface area contributed by atoms with Crippen molar-refractivity contribution in [3.8, 4) is 0 Å². The molecule has 2 atom stereocenters. The highest BCUT2D eigenvalue weighted by molar-refractivity contribution is 5.42. The summed E-state index contributed by atoms with van der Waals surface area (Å²) in [6.07, 6.45) is 3.78. The topological polar surface area (TPSA) is 57.5 Å². The van der Waals surface area contributed by atoms with E-state index in [-0.39, 0.29) is 5.43 Å². The van der Waals surface area contributed by atoms with Crippen molar-refractivity contribution in [3.05, 3.63) is 21.4 Å². The van der Waals surface area contributed by atoms with Crippen molar-refractivity contribution in [2.75, 3.05) is 0 Å².